The van der Waals surface area contributed by atoms with E-state index in [9.17, 15) is 4.79 Å². The van der Waals surface area contributed by atoms with Gasteiger partial charge >= 0.3 is 5.97 Å². The van der Waals surface area contributed by atoms with Gasteiger partial charge < -0.3 is 9.84 Å². The number of aromatic nitrogens is 3. The van der Waals surface area contributed by atoms with Crippen LogP contribution in [-0.4, -0.2) is 31.6 Å². The standard InChI is InChI=1S/C18H22BrN3O3S/c1-5-8-22-15(20-21-17(22)26-11-16(23)24)10-25-14-7-6-12(19)9-13(14)18(2,3)4/h5-7,9H,1,8,10-11H2,2-4H3,(H,23,24). The van der Waals surface area contributed by atoms with Crippen molar-refractivity contribution in [2.24, 2.45) is 0 Å². The van der Waals surface area contributed by atoms with Crippen LogP contribution in [0, 0.1) is 0 Å². The smallest absolute Gasteiger partial charge is 0.313 e. The van der Waals surface area contributed by atoms with E-state index in [2.05, 4.69) is 59.5 Å². The molecule has 26 heavy (non-hydrogen) atoms. The molecule has 0 radical (unpaired) electrons. The molecule has 1 N–H and O–H groups in total. The number of ether oxygens (including phenoxy) is 1. The number of benzene rings is 1. The molecule has 0 aliphatic heterocycles. The first-order valence-electron chi connectivity index (χ1n) is 8.02. The Morgan fingerprint density at radius 1 is 1.42 bits per heavy atom. The van der Waals surface area contributed by atoms with Gasteiger partial charge in [0.1, 0.15) is 12.4 Å². The summed E-state index contributed by atoms with van der Waals surface area (Å²) in [7, 11) is 0. The SMILES string of the molecule is C=CCn1c(COc2ccc(Br)cc2C(C)(C)C)nnc1SCC(=O)O. The van der Waals surface area contributed by atoms with Gasteiger partial charge in [-0.3, -0.25) is 9.36 Å². The van der Waals surface area contributed by atoms with Gasteiger partial charge in [-0.05, 0) is 23.6 Å². The van der Waals surface area contributed by atoms with Crippen molar-refractivity contribution in [1.82, 2.24) is 14.8 Å². The summed E-state index contributed by atoms with van der Waals surface area (Å²) in [6, 6.07) is 5.92. The van der Waals surface area contributed by atoms with Crippen LogP contribution in [0.3, 0.4) is 0 Å². The summed E-state index contributed by atoms with van der Waals surface area (Å²) in [5.41, 5.74) is 1.01. The number of allylic oxidation sites excluding steroid dienone is 1. The van der Waals surface area contributed by atoms with Gasteiger partial charge in [-0.1, -0.05) is 54.5 Å². The number of carboxylic acid groups (broad SMARTS) is 1. The molecule has 0 aliphatic carbocycles. The van der Waals surface area contributed by atoms with Gasteiger partial charge in [-0.2, -0.15) is 0 Å². The van der Waals surface area contributed by atoms with E-state index in [4.69, 9.17) is 9.84 Å². The monoisotopic (exact) mass is 439 g/mol. The van der Waals surface area contributed by atoms with Gasteiger partial charge in [-0.25, -0.2) is 0 Å². The molecule has 1 heterocycles. The molecule has 0 spiro atoms. The maximum atomic E-state index is 10.8. The Bertz CT molecular complexity index is 799. The molecule has 0 amide bonds. The van der Waals surface area contributed by atoms with Gasteiger partial charge in [0.15, 0.2) is 11.0 Å². The predicted octanol–water partition coefficient (Wildman–Crippen LogP) is 4.28. The fraction of sp³-hybridized carbons (Fsp3) is 0.389. The van der Waals surface area contributed by atoms with Crippen molar-refractivity contribution in [1.29, 1.82) is 0 Å². The minimum atomic E-state index is -0.898. The zero-order valence-corrected chi connectivity index (χ0v) is 17.4. The third-order valence-electron chi connectivity index (χ3n) is 3.54. The first kappa shape index (κ1) is 20.5. The minimum absolute atomic E-state index is 0.0724. The van der Waals surface area contributed by atoms with Gasteiger partial charge in [0.2, 0.25) is 0 Å². The molecular formula is C18H22BrN3O3S. The first-order chi connectivity index (χ1) is 12.2. The Labute approximate surface area is 165 Å². The summed E-state index contributed by atoms with van der Waals surface area (Å²) >= 11 is 4.63. The van der Waals surface area contributed by atoms with E-state index >= 15 is 0 Å². The van der Waals surface area contributed by atoms with Crippen LogP contribution in [0.2, 0.25) is 0 Å². The molecule has 1 aromatic carbocycles. The largest absolute Gasteiger partial charge is 0.485 e. The number of aliphatic carboxylic acids is 1. The lowest BCUT2D eigenvalue weighted by molar-refractivity contribution is -0.133. The van der Waals surface area contributed by atoms with Crippen molar-refractivity contribution in [2.45, 2.75) is 44.5 Å². The van der Waals surface area contributed by atoms with Crippen LogP contribution in [0.25, 0.3) is 0 Å². The first-order valence-corrected chi connectivity index (χ1v) is 9.80. The number of nitrogens with zero attached hydrogens (tertiary/aromatic N) is 3. The van der Waals surface area contributed by atoms with Crippen molar-refractivity contribution < 1.29 is 14.6 Å². The van der Waals surface area contributed by atoms with Gasteiger partial charge in [0.05, 0.1) is 5.75 Å². The second kappa shape index (κ2) is 8.73. The maximum Gasteiger partial charge on any atom is 0.313 e. The number of halogens is 1. The minimum Gasteiger partial charge on any atom is -0.485 e. The number of carboxylic acids is 1. The van der Waals surface area contributed by atoms with Crippen LogP contribution in [0.4, 0.5) is 0 Å². The molecular weight excluding hydrogens is 418 g/mol. The Kier molecular flexibility index (Phi) is 6.88. The van der Waals surface area contributed by atoms with E-state index in [1.54, 1.807) is 6.08 Å². The van der Waals surface area contributed by atoms with Crippen LogP contribution < -0.4 is 4.74 Å². The molecule has 0 unspecified atom stereocenters. The van der Waals surface area contributed by atoms with Crippen molar-refractivity contribution >= 4 is 33.7 Å². The van der Waals surface area contributed by atoms with Crippen molar-refractivity contribution in [2.75, 3.05) is 5.75 Å². The molecule has 0 fully saturated rings. The van der Waals surface area contributed by atoms with Gasteiger partial charge in [0.25, 0.3) is 0 Å². The van der Waals surface area contributed by atoms with E-state index in [1.165, 1.54) is 0 Å². The Morgan fingerprint density at radius 3 is 2.77 bits per heavy atom. The highest BCUT2D eigenvalue weighted by atomic mass is 79.9. The average Bonchev–Trinajstić information content (AvgIpc) is 2.93. The second-order valence-corrected chi connectivity index (χ2v) is 8.52. The zero-order valence-electron chi connectivity index (χ0n) is 15.0. The summed E-state index contributed by atoms with van der Waals surface area (Å²) in [6.07, 6.45) is 1.72. The lowest BCUT2D eigenvalue weighted by Crippen LogP contribution is -2.14. The zero-order chi connectivity index (χ0) is 19.3. The summed E-state index contributed by atoms with van der Waals surface area (Å²) in [5.74, 6) is 0.441. The Balaban J connectivity index is 2.22. The van der Waals surface area contributed by atoms with Crippen molar-refractivity contribution in [3.05, 3.63) is 46.7 Å². The van der Waals surface area contributed by atoms with Crippen LogP contribution in [0.1, 0.15) is 32.2 Å². The van der Waals surface area contributed by atoms with E-state index in [0.29, 0.717) is 17.5 Å². The molecule has 140 valence electrons. The van der Waals surface area contributed by atoms with Crippen molar-refractivity contribution in [3.8, 4) is 5.75 Å². The highest BCUT2D eigenvalue weighted by Crippen LogP contribution is 2.34. The number of thioether (sulfide) groups is 1. The van der Waals surface area contributed by atoms with E-state index in [-0.39, 0.29) is 17.8 Å². The fourth-order valence-electron chi connectivity index (χ4n) is 2.33. The Hall–Kier alpha value is -1.80. The van der Waals surface area contributed by atoms with E-state index in [0.717, 1.165) is 27.5 Å². The summed E-state index contributed by atoms with van der Waals surface area (Å²) in [5, 5.41) is 17.6. The topological polar surface area (TPSA) is 77.2 Å². The molecule has 2 aromatic rings. The number of hydrogen-bond acceptors (Lipinski definition) is 5. The third-order valence-corrected chi connectivity index (χ3v) is 4.98. The molecule has 6 nitrogen and oxygen atoms in total. The van der Waals surface area contributed by atoms with E-state index in [1.807, 2.05) is 16.7 Å². The van der Waals surface area contributed by atoms with Crippen LogP contribution in [0.15, 0.2) is 40.5 Å². The number of rotatable bonds is 8. The molecule has 8 heteroatoms. The van der Waals surface area contributed by atoms with Gasteiger partial charge in [-0.15, -0.1) is 16.8 Å². The average molecular weight is 440 g/mol. The maximum absolute atomic E-state index is 10.8. The molecule has 2 rings (SSSR count). The predicted molar refractivity (Wildman–Crippen MR) is 106 cm³/mol. The van der Waals surface area contributed by atoms with Crippen LogP contribution in [0.5, 0.6) is 5.75 Å². The van der Waals surface area contributed by atoms with Crippen LogP contribution in [-0.2, 0) is 23.4 Å². The summed E-state index contributed by atoms with van der Waals surface area (Å²) < 4.78 is 8.84. The lowest BCUT2D eigenvalue weighted by atomic mass is 9.86. The molecule has 0 bridgehead atoms. The molecule has 0 atom stereocenters. The van der Waals surface area contributed by atoms with Crippen LogP contribution >= 0.6 is 27.7 Å². The lowest BCUT2D eigenvalue weighted by Gasteiger charge is -2.23. The second-order valence-electron chi connectivity index (χ2n) is 6.66. The fourth-order valence-corrected chi connectivity index (χ4v) is 3.38. The molecule has 0 saturated carbocycles. The number of carbonyl (C=O) groups is 1. The Morgan fingerprint density at radius 2 is 2.15 bits per heavy atom. The quantitative estimate of drug-likeness (QED) is 0.488. The van der Waals surface area contributed by atoms with Gasteiger partial charge in [0, 0.05) is 16.6 Å². The molecule has 1 aromatic heterocycles. The summed E-state index contributed by atoms with van der Waals surface area (Å²) in [4.78, 5) is 10.8. The van der Waals surface area contributed by atoms with Crippen molar-refractivity contribution in [3.63, 3.8) is 0 Å². The van der Waals surface area contributed by atoms with E-state index < -0.39 is 5.97 Å². The highest BCUT2D eigenvalue weighted by Gasteiger charge is 2.20. The molecule has 0 saturated heterocycles. The highest BCUT2D eigenvalue weighted by molar-refractivity contribution is 9.10. The summed E-state index contributed by atoms with van der Waals surface area (Å²) in [6.45, 7) is 10.8. The number of hydrogen-bond donors (Lipinski definition) is 1. The third kappa shape index (κ3) is 5.35. The normalized spacial score (nSPS) is 11.4. The molecule has 0 aliphatic rings.